The molecule has 0 heterocycles. The van der Waals surface area contributed by atoms with Gasteiger partial charge in [0.2, 0.25) is 0 Å². The monoisotopic (exact) mass is 520 g/mol. The number of aryl methyl sites for hydroxylation is 2. The molecule has 1 heteroatoms. The van der Waals surface area contributed by atoms with Crippen LogP contribution in [0.1, 0.15) is 115 Å². The van der Waals surface area contributed by atoms with Crippen molar-refractivity contribution in [3.05, 3.63) is 47.5 Å². The number of hydrogen-bond acceptors (Lipinski definition) is 0. The van der Waals surface area contributed by atoms with Crippen LogP contribution < -0.4 is 0 Å². The van der Waals surface area contributed by atoms with E-state index in [1.165, 1.54) is 114 Å². The minimum atomic E-state index is 0. The van der Waals surface area contributed by atoms with Crippen LogP contribution in [-0.4, -0.2) is 48.9 Å². The summed E-state index contributed by atoms with van der Waals surface area (Å²) in [5, 5.41) is 2.93. The molecule has 0 unspecified atom stereocenters. The number of benzene rings is 2. The van der Waals surface area contributed by atoms with Crippen LogP contribution in [0.25, 0.3) is 10.8 Å². The Labute approximate surface area is 221 Å². The molecule has 2 rings (SSSR count). The number of fused-ring (bicyclic) bond motifs is 1. The van der Waals surface area contributed by atoms with Crippen molar-refractivity contribution in [2.24, 2.45) is 0 Å². The molecule has 0 fully saturated rings. The number of rotatable bonds is 16. The second kappa shape index (κ2) is 17.9. The third-order valence-electron chi connectivity index (χ3n) is 6.22. The minimum absolute atomic E-state index is 0. The summed E-state index contributed by atoms with van der Waals surface area (Å²) in [6.45, 7) is 4.60. The Bertz CT molecular complexity index is 646. The van der Waals surface area contributed by atoms with E-state index in [4.69, 9.17) is 0 Å². The molecule has 0 N–H and O–H groups in total. The predicted octanol–water partition coefficient (Wildman–Crippen LogP) is 8.51. The van der Waals surface area contributed by atoms with Crippen LogP contribution in [0.4, 0.5) is 0 Å². The molecule has 0 saturated carbocycles. The average molecular weight is 520 g/mol. The molecule has 2 aromatic rings. The van der Waals surface area contributed by atoms with Crippen LogP contribution in [0.2, 0.25) is 0 Å². The number of hydrogen-bond donors (Lipinski definition) is 0. The van der Waals surface area contributed by atoms with E-state index < -0.39 is 0 Å². The van der Waals surface area contributed by atoms with Crippen LogP contribution >= 0.6 is 0 Å². The third-order valence-corrected chi connectivity index (χ3v) is 6.22. The Morgan fingerprint density at radius 2 is 1.03 bits per heavy atom. The molecule has 0 aliphatic rings. The van der Waals surface area contributed by atoms with Gasteiger partial charge in [0.05, 0.1) is 0 Å². The van der Waals surface area contributed by atoms with Gasteiger partial charge in [-0.25, -0.2) is 0 Å². The van der Waals surface area contributed by atoms with Crippen molar-refractivity contribution in [2.75, 3.05) is 0 Å². The second-order valence-electron chi connectivity index (χ2n) is 8.67. The van der Waals surface area contributed by atoms with Gasteiger partial charge in [-0.1, -0.05) is 127 Å². The third kappa shape index (κ3) is 10.9. The normalized spacial score (nSPS) is 11.0. The molecular formula is C28H46Ba. The summed E-state index contributed by atoms with van der Waals surface area (Å²) in [5.41, 5.74) is 3.27. The van der Waals surface area contributed by atoms with Crippen molar-refractivity contribution in [2.45, 2.75) is 117 Å². The summed E-state index contributed by atoms with van der Waals surface area (Å²) in [6, 6.07) is 13.8. The van der Waals surface area contributed by atoms with Crippen molar-refractivity contribution in [3.63, 3.8) is 0 Å². The summed E-state index contributed by atoms with van der Waals surface area (Å²) in [5.74, 6) is 0. The topological polar surface area (TPSA) is 0 Å². The van der Waals surface area contributed by atoms with Crippen LogP contribution in [0.3, 0.4) is 0 Å². The summed E-state index contributed by atoms with van der Waals surface area (Å²) in [7, 11) is 0. The molecule has 0 radical (unpaired) electrons. The maximum absolute atomic E-state index is 2.43. The maximum atomic E-state index is 2.43. The zero-order valence-electron chi connectivity index (χ0n) is 18.8. The molecule has 160 valence electrons. The first-order chi connectivity index (χ1) is 13.9. The summed E-state index contributed by atoms with van der Waals surface area (Å²) < 4.78 is 0. The fourth-order valence-electron chi connectivity index (χ4n) is 4.44. The van der Waals surface area contributed by atoms with E-state index in [0.29, 0.717) is 0 Å². The van der Waals surface area contributed by atoms with E-state index in [0.717, 1.165) is 0 Å². The fourth-order valence-corrected chi connectivity index (χ4v) is 4.44. The molecule has 0 bridgehead atoms. The van der Waals surface area contributed by atoms with E-state index >= 15 is 0 Å². The molecule has 29 heavy (non-hydrogen) atoms. The first kappa shape index (κ1) is 27.3. The second-order valence-corrected chi connectivity index (χ2v) is 8.67. The zero-order valence-corrected chi connectivity index (χ0v) is 18.8. The molecule has 0 saturated heterocycles. The molecule has 0 atom stereocenters. The van der Waals surface area contributed by atoms with Gasteiger partial charge in [-0.15, -0.1) is 0 Å². The van der Waals surface area contributed by atoms with Gasteiger partial charge in [-0.05, 0) is 47.6 Å². The van der Waals surface area contributed by atoms with E-state index in [2.05, 4.69) is 50.2 Å². The van der Waals surface area contributed by atoms with Gasteiger partial charge in [0.1, 0.15) is 0 Å². The van der Waals surface area contributed by atoms with Crippen molar-refractivity contribution in [3.8, 4) is 0 Å². The van der Waals surface area contributed by atoms with Crippen LogP contribution in [0, 0.1) is 0 Å². The standard InChI is InChI=1S/C28H44.Ba.2H/c1-3-5-7-9-11-13-15-19-25-23-24-26-20-17-18-22-28(26)27(25)21-16-14-12-10-8-6-4-2;;;/h17-18,20,22-24H,3-16,19,21H2,1-2H3;;;. The molecule has 2 aromatic carbocycles. The van der Waals surface area contributed by atoms with Gasteiger partial charge in [0.15, 0.2) is 0 Å². The Morgan fingerprint density at radius 1 is 0.517 bits per heavy atom. The van der Waals surface area contributed by atoms with Crippen LogP contribution in [0.15, 0.2) is 36.4 Å². The summed E-state index contributed by atoms with van der Waals surface area (Å²) >= 11 is 0. The van der Waals surface area contributed by atoms with Crippen molar-refractivity contribution in [1.82, 2.24) is 0 Å². The molecule has 0 aromatic heterocycles. The van der Waals surface area contributed by atoms with Gasteiger partial charge in [0, 0.05) is 0 Å². The van der Waals surface area contributed by atoms with Gasteiger partial charge in [-0.3, -0.25) is 0 Å². The first-order valence-electron chi connectivity index (χ1n) is 12.4. The summed E-state index contributed by atoms with van der Waals surface area (Å²) in [6.07, 6.45) is 22.1. The Hall–Kier alpha value is 0.271. The van der Waals surface area contributed by atoms with Gasteiger partial charge < -0.3 is 0 Å². The van der Waals surface area contributed by atoms with Crippen LogP contribution in [0.5, 0.6) is 0 Å². The van der Waals surface area contributed by atoms with Crippen molar-refractivity contribution in [1.29, 1.82) is 0 Å². The summed E-state index contributed by atoms with van der Waals surface area (Å²) in [4.78, 5) is 0. The van der Waals surface area contributed by atoms with E-state index in [-0.39, 0.29) is 48.9 Å². The van der Waals surface area contributed by atoms with E-state index in [9.17, 15) is 0 Å². The van der Waals surface area contributed by atoms with E-state index in [1.54, 1.807) is 11.1 Å². The Kier molecular flexibility index (Phi) is 16.9. The van der Waals surface area contributed by atoms with E-state index in [1.807, 2.05) is 0 Å². The SMILES string of the molecule is CCCCCCCCCc1ccc2ccccc2c1CCCCCCCCC.[BaH2]. The zero-order chi connectivity index (χ0) is 19.9. The Balaban J connectivity index is 0.00000420. The fraction of sp³-hybridized carbons (Fsp3) is 0.643. The van der Waals surface area contributed by atoms with Gasteiger partial charge in [0.25, 0.3) is 0 Å². The molecular weight excluding hydrogens is 474 g/mol. The van der Waals surface area contributed by atoms with Gasteiger partial charge in [-0.2, -0.15) is 0 Å². The Morgan fingerprint density at radius 3 is 1.66 bits per heavy atom. The predicted molar refractivity (Wildman–Crippen MR) is 136 cm³/mol. The molecule has 0 aliphatic carbocycles. The number of unbranched alkanes of at least 4 members (excludes halogenated alkanes) is 12. The quantitative estimate of drug-likeness (QED) is 0.154. The molecule has 0 aliphatic heterocycles. The van der Waals surface area contributed by atoms with Crippen molar-refractivity contribution >= 4 is 59.7 Å². The molecule has 0 spiro atoms. The van der Waals surface area contributed by atoms with Crippen molar-refractivity contribution < 1.29 is 0 Å². The molecule has 0 nitrogen and oxygen atoms in total. The van der Waals surface area contributed by atoms with Crippen LogP contribution in [-0.2, 0) is 12.8 Å². The van der Waals surface area contributed by atoms with Gasteiger partial charge >= 0.3 is 48.9 Å². The average Bonchev–Trinajstić information content (AvgIpc) is 2.73. The first-order valence-corrected chi connectivity index (χ1v) is 12.4. The molecule has 0 amide bonds.